The predicted octanol–water partition coefficient (Wildman–Crippen LogP) is 3.28. The van der Waals surface area contributed by atoms with Crippen molar-refractivity contribution in [3.8, 4) is 0 Å². The number of rotatable bonds is 8. The van der Waals surface area contributed by atoms with Gasteiger partial charge in [-0.1, -0.05) is 40.0 Å². The van der Waals surface area contributed by atoms with Crippen LogP contribution in [0.1, 0.15) is 57.1 Å². The average molecular weight is 279 g/mol. The number of anilines is 1. The summed E-state index contributed by atoms with van der Waals surface area (Å²) in [5.74, 6) is 0.223. The Kier molecular flexibility index (Phi) is 6.42. The second kappa shape index (κ2) is 7.82. The molecule has 0 fully saturated rings. The van der Waals surface area contributed by atoms with E-state index in [-0.39, 0.29) is 11.2 Å². The normalized spacial score (nSPS) is 11.2. The summed E-state index contributed by atoms with van der Waals surface area (Å²) < 4.78 is 4.61. The molecule has 0 saturated carbocycles. The summed E-state index contributed by atoms with van der Waals surface area (Å²) in [6, 6.07) is 1.76. The van der Waals surface area contributed by atoms with Crippen LogP contribution in [-0.2, 0) is 4.74 Å². The third kappa shape index (κ3) is 5.55. The van der Waals surface area contributed by atoms with Crippen molar-refractivity contribution in [3.63, 3.8) is 0 Å². The molecule has 0 radical (unpaired) electrons. The van der Waals surface area contributed by atoms with Gasteiger partial charge in [-0.2, -0.15) is 0 Å². The standard InChI is InChI=1S/C15H25N3O2/c1-5-6-7-9-15(2,3)11-17-12-8-10-16-13(18-12)14(19)20-4/h8,10H,5-7,9,11H2,1-4H3,(H,16,17,18). The highest BCUT2D eigenvalue weighted by Gasteiger charge is 2.17. The minimum atomic E-state index is -0.518. The summed E-state index contributed by atoms with van der Waals surface area (Å²) in [5, 5.41) is 3.27. The van der Waals surface area contributed by atoms with Crippen molar-refractivity contribution in [2.75, 3.05) is 19.0 Å². The van der Waals surface area contributed by atoms with Crippen molar-refractivity contribution < 1.29 is 9.53 Å². The van der Waals surface area contributed by atoms with Gasteiger partial charge in [-0.05, 0) is 17.9 Å². The van der Waals surface area contributed by atoms with E-state index in [1.54, 1.807) is 12.3 Å². The van der Waals surface area contributed by atoms with Gasteiger partial charge >= 0.3 is 5.97 Å². The predicted molar refractivity (Wildman–Crippen MR) is 79.8 cm³/mol. The fourth-order valence-electron chi connectivity index (χ4n) is 1.92. The molecule has 0 spiro atoms. The number of carbonyl (C=O) groups excluding carboxylic acids is 1. The summed E-state index contributed by atoms with van der Waals surface area (Å²) in [7, 11) is 1.32. The molecule has 0 atom stereocenters. The molecule has 1 aromatic rings. The Morgan fingerprint density at radius 1 is 1.40 bits per heavy atom. The Labute approximate surface area is 121 Å². The molecule has 20 heavy (non-hydrogen) atoms. The average Bonchev–Trinajstić information content (AvgIpc) is 2.45. The van der Waals surface area contributed by atoms with Gasteiger partial charge in [0.25, 0.3) is 0 Å². The summed E-state index contributed by atoms with van der Waals surface area (Å²) in [6.45, 7) is 7.49. The van der Waals surface area contributed by atoms with Crippen LogP contribution in [0.25, 0.3) is 0 Å². The van der Waals surface area contributed by atoms with Gasteiger partial charge in [-0.15, -0.1) is 0 Å². The molecule has 1 aromatic heterocycles. The maximum absolute atomic E-state index is 11.4. The molecule has 0 bridgehead atoms. The molecule has 5 heteroatoms. The Bertz CT molecular complexity index is 433. The SMILES string of the molecule is CCCCCC(C)(C)CNc1ccnc(C(=O)OC)n1. The number of hydrogen-bond acceptors (Lipinski definition) is 5. The first kappa shape index (κ1) is 16.4. The molecule has 5 nitrogen and oxygen atoms in total. The molecule has 1 N–H and O–H groups in total. The second-order valence-electron chi connectivity index (χ2n) is 5.73. The van der Waals surface area contributed by atoms with Crippen LogP contribution < -0.4 is 5.32 Å². The van der Waals surface area contributed by atoms with Gasteiger partial charge in [0.2, 0.25) is 5.82 Å². The number of methoxy groups -OCH3 is 1. The van der Waals surface area contributed by atoms with Crippen LogP contribution in [0.5, 0.6) is 0 Å². The first-order chi connectivity index (χ1) is 9.48. The molecule has 0 aliphatic carbocycles. The summed E-state index contributed by atoms with van der Waals surface area (Å²) in [5.41, 5.74) is 0.200. The fraction of sp³-hybridized carbons (Fsp3) is 0.667. The first-order valence-electron chi connectivity index (χ1n) is 7.14. The van der Waals surface area contributed by atoms with Crippen molar-refractivity contribution in [3.05, 3.63) is 18.1 Å². The van der Waals surface area contributed by atoms with Crippen molar-refractivity contribution in [2.45, 2.75) is 46.5 Å². The minimum absolute atomic E-state index is 0.0845. The number of hydrogen-bond donors (Lipinski definition) is 1. The molecule has 0 aliphatic heterocycles. The van der Waals surface area contributed by atoms with E-state index in [0.29, 0.717) is 5.82 Å². The van der Waals surface area contributed by atoms with Crippen LogP contribution >= 0.6 is 0 Å². The maximum Gasteiger partial charge on any atom is 0.376 e. The lowest BCUT2D eigenvalue weighted by molar-refractivity contribution is 0.0587. The zero-order chi connectivity index (χ0) is 15.0. The Morgan fingerprint density at radius 3 is 2.80 bits per heavy atom. The monoisotopic (exact) mass is 279 g/mol. The smallest absolute Gasteiger partial charge is 0.376 e. The van der Waals surface area contributed by atoms with Gasteiger partial charge in [0.15, 0.2) is 0 Å². The van der Waals surface area contributed by atoms with Gasteiger partial charge in [0.1, 0.15) is 5.82 Å². The number of carbonyl (C=O) groups is 1. The first-order valence-corrected chi connectivity index (χ1v) is 7.14. The Hall–Kier alpha value is -1.65. The summed E-state index contributed by atoms with van der Waals surface area (Å²) in [6.07, 6.45) is 6.47. The van der Waals surface area contributed by atoms with E-state index in [1.807, 2.05) is 0 Å². The number of nitrogens with one attached hydrogen (secondary N) is 1. The van der Waals surface area contributed by atoms with Crippen LogP contribution in [0.15, 0.2) is 12.3 Å². The zero-order valence-corrected chi connectivity index (χ0v) is 12.9. The van der Waals surface area contributed by atoms with E-state index in [9.17, 15) is 4.79 Å². The zero-order valence-electron chi connectivity index (χ0n) is 12.9. The van der Waals surface area contributed by atoms with Crippen molar-refractivity contribution in [1.82, 2.24) is 9.97 Å². The van der Waals surface area contributed by atoms with E-state index in [2.05, 4.69) is 40.8 Å². The summed E-state index contributed by atoms with van der Waals surface area (Å²) in [4.78, 5) is 19.4. The van der Waals surface area contributed by atoms with Gasteiger partial charge in [-0.25, -0.2) is 14.8 Å². The molecule has 1 heterocycles. The van der Waals surface area contributed by atoms with E-state index < -0.39 is 5.97 Å². The van der Waals surface area contributed by atoms with E-state index in [4.69, 9.17) is 0 Å². The highest BCUT2D eigenvalue weighted by atomic mass is 16.5. The third-order valence-corrected chi connectivity index (χ3v) is 3.23. The molecule has 0 aromatic carbocycles. The number of nitrogens with zero attached hydrogens (tertiary/aromatic N) is 2. The van der Waals surface area contributed by atoms with Crippen molar-refractivity contribution in [1.29, 1.82) is 0 Å². The molecule has 112 valence electrons. The highest BCUT2D eigenvalue weighted by Crippen LogP contribution is 2.24. The number of esters is 1. The Balaban J connectivity index is 2.54. The molecule has 0 amide bonds. The van der Waals surface area contributed by atoms with E-state index in [1.165, 1.54) is 32.8 Å². The lowest BCUT2D eigenvalue weighted by Crippen LogP contribution is -2.24. The lowest BCUT2D eigenvalue weighted by Gasteiger charge is -2.25. The van der Waals surface area contributed by atoms with Crippen LogP contribution in [0.4, 0.5) is 5.82 Å². The van der Waals surface area contributed by atoms with Crippen molar-refractivity contribution in [2.24, 2.45) is 5.41 Å². The molecular formula is C15H25N3O2. The van der Waals surface area contributed by atoms with Gasteiger partial charge in [-0.3, -0.25) is 0 Å². The van der Waals surface area contributed by atoms with Gasteiger partial charge in [0, 0.05) is 12.7 Å². The molecular weight excluding hydrogens is 254 g/mol. The quantitative estimate of drug-likeness (QED) is 0.584. The lowest BCUT2D eigenvalue weighted by atomic mass is 9.87. The number of aromatic nitrogens is 2. The second-order valence-corrected chi connectivity index (χ2v) is 5.73. The topological polar surface area (TPSA) is 64.1 Å². The number of unbranched alkanes of at least 4 members (excludes halogenated alkanes) is 2. The largest absolute Gasteiger partial charge is 0.463 e. The van der Waals surface area contributed by atoms with Crippen LogP contribution in [-0.4, -0.2) is 29.6 Å². The molecule has 0 saturated heterocycles. The van der Waals surface area contributed by atoms with Crippen LogP contribution in [0.2, 0.25) is 0 Å². The number of ether oxygens (including phenoxy) is 1. The van der Waals surface area contributed by atoms with E-state index >= 15 is 0 Å². The van der Waals surface area contributed by atoms with Crippen molar-refractivity contribution >= 4 is 11.8 Å². The fourth-order valence-corrected chi connectivity index (χ4v) is 1.92. The van der Waals surface area contributed by atoms with Crippen LogP contribution in [0, 0.1) is 5.41 Å². The van der Waals surface area contributed by atoms with Gasteiger partial charge < -0.3 is 10.1 Å². The molecule has 1 rings (SSSR count). The minimum Gasteiger partial charge on any atom is -0.463 e. The third-order valence-electron chi connectivity index (χ3n) is 3.23. The maximum atomic E-state index is 11.4. The summed E-state index contributed by atoms with van der Waals surface area (Å²) >= 11 is 0. The highest BCUT2D eigenvalue weighted by molar-refractivity contribution is 5.85. The van der Waals surface area contributed by atoms with Gasteiger partial charge in [0.05, 0.1) is 7.11 Å². The molecule has 0 unspecified atom stereocenters. The Morgan fingerprint density at radius 2 is 2.15 bits per heavy atom. The molecule has 0 aliphatic rings. The van der Waals surface area contributed by atoms with E-state index in [0.717, 1.165) is 6.54 Å². The van der Waals surface area contributed by atoms with Crippen LogP contribution in [0.3, 0.4) is 0 Å².